The molecule has 7 nitrogen and oxygen atoms in total. The molecule has 1 aromatic rings. The van der Waals surface area contributed by atoms with Crippen LogP contribution in [0.15, 0.2) is 15.8 Å². The van der Waals surface area contributed by atoms with Crippen LogP contribution >= 0.6 is 34.4 Å². The molecule has 3 fully saturated rings. The molecule has 5 atom stereocenters. The summed E-state index contributed by atoms with van der Waals surface area (Å²) >= 11 is 4.34. The molecule has 1 aromatic heterocycles. The summed E-state index contributed by atoms with van der Waals surface area (Å²) in [6.07, 6.45) is 4.71. The van der Waals surface area contributed by atoms with Gasteiger partial charge in [-0.2, -0.15) is 0 Å². The van der Waals surface area contributed by atoms with Gasteiger partial charge in [-0.3, -0.25) is 14.3 Å². The van der Waals surface area contributed by atoms with Crippen molar-refractivity contribution in [2.75, 3.05) is 0 Å². The third-order valence-electron chi connectivity index (χ3n) is 8.56. The molecule has 0 bridgehead atoms. The number of aromatic amines is 1. The summed E-state index contributed by atoms with van der Waals surface area (Å²) in [5.74, 6) is 0. The maximum Gasteiger partial charge on any atom is 0.335 e. The van der Waals surface area contributed by atoms with Crippen molar-refractivity contribution in [2.45, 2.75) is 130 Å². The number of rotatable bonds is 5. The fourth-order valence-corrected chi connectivity index (χ4v) is 22.2. The lowest BCUT2D eigenvalue weighted by molar-refractivity contribution is 0.0129. The normalized spacial score (nSPS) is 33.7. The molecule has 2 saturated heterocycles. The molecule has 36 heavy (non-hydrogen) atoms. The SMILES string of the molecule is Cc1cn([C@@H]2S[C@@]34CCC[C@@H]3O[Si](C(C)C)(C(C)C)O[Si](C(C)C)(C(C)C)O[C@H]4[C@H]2I)c(=O)[nH]c1=O. The number of nitrogens with zero attached hydrogens (tertiary/aromatic N) is 1. The van der Waals surface area contributed by atoms with E-state index in [1.54, 1.807) is 17.7 Å². The highest BCUT2D eigenvalue weighted by atomic mass is 127. The van der Waals surface area contributed by atoms with Crippen LogP contribution in [0.4, 0.5) is 0 Å². The molecule has 3 aliphatic rings. The molecule has 0 amide bonds. The van der Waals surface area contributed by atoms with Crippen LogP contribution in [0.3, 0.4) is 0 Å². The monoisotopic (exact) mass is 666 g/mol. The smallest absolute Gasteiger partial charge is 0.335 e. The molecular weight excluding hydrogens is 623 g/mol. The van der Waals surface area contributed by atoms with Gasteiger partial charge in [-0.15, -0.1) is 11.8 Å². The minimum atomic E-state index is -2.76. The zero-order chi connectivity index (χ0) is 26.8. The number of aromatic nitrogens is 2. The highest BCUT2D eigenvalue weighted by Gasteiger charge is 2.69. The molecule has 1 saturated carbocycles. The first-order valence-corrected chi connectivity index (χ1v) is 19.5. The quantitative estimate of drug-likeness (QED) is 0.231. The van der Waals surface area contributed by atoms with Crippen LogP contribution in [0.1, 0.15) is 85.6 Å². The molecule has 0 aromatic carbocycles. The topological polar surface area (TPSA) is 82.6 Å². The maximum absolute atomic E-state index is 13.0. The Labute approximate surface area is 235 Å². The molecular formula is C25H43IN2O5SSi2. The van der Waals surface area contributed by atoms with Crippen LogP contribution < -0.4 is 11.2 Å². The van der Waals surface area contributed by atoms with Crippen LogP contribution in [0.2, 0.25) is 22.2 Å². The number of alkyl halides is 1. The van der Waals surface area contributed by atoms with Crippen molar-refractivity contribution in [3.05, 3.63) is 32.6 Å². The van der Waals surface area contributed by atoms with Gasteiger partial charge >= 0.3 is 22.8 Å². The van der Waals surface area contributed by atoms with E-state index in [1.165, 1.54) is 0 Å². The summed E-state index contributed by atoms with van der Waals surface area (Å²) in [6.45, 7) is 19.8. The largest absolute Gasteiger partial charge is 0.414 e. The maximum atomic E-state index is 13.0. The molecule has 0 radical (unpaired) electrons. The average Bonchev–Trinajstić information content (AvgIpc) is 3.28. The molecule has 1 spiro atoms. The summed E-state index contributed by atoms with van der Waals surface area (Å²) < 4.78 is 23.9. The molecule has 0 unspecified atom stereocenters. The predicted octanol–water partition coefficient (Wildman–Crippen LogP) is 6.14. The lowest BCUT2D eigenvalue weighted by Crippen LogP contribution is -2.68. The summed E-state index contributed by atoms with van der Waals surface area (Å²) in [4.78, 5) is 27.6. The van der Waals surface area contributed by atoms with Gasteiger partial charge in [0.2, 0.25) is 0 Å². The Kier molecular flexibility index (Phi) is 8.26. The molecule has 1 N–H and O–H groups in total. The van der Waals surface area contributed by atoms with Gasteiger partial charge in [0.25, 0.3) is 5.56 Å². The highest BCUT2D eigenvalue weighted by molar-refractivity contribution is 14.1. The van der Waals surface area contributed by atoms with E-state index < -0.39 is 17.1 Å². The van der Waals surface area contributed by atoms with Gasteiger partial charge in [0, 0.05) is 11.8 Å². The number of aryl methyl sites for hydroxylation is 1. The Morgan fingerprint density at radius 2 is 1.58 bits per heavy atom. The van der Waals surface area contributed by atoms with E-state index in [9.17, 15) is 9.59 Å². The minimum Gasteiger partial charge on any atom is -0.414 e. The van der Waals surface area contributed by atoms with Crippen LogP contribution in [0, 0.1) is 6.92 Å². The van der Waals surface area contributed by atoms with Crippen molar-refractivity contribution < 1.29 is 13.0 Å². The van der Waals surface area contributed by atoms with E-state index in [1.807, 2.05) is 11.8 Å². The fourth-order valence-electron chi connectivity index (χ4n) is 6.58. The van der Waals surface area contributed by atoms with Gasteiger partial charge in [0.15, 0.2) is 0 Å². The van der Waals surface area contributed by atoms with E-state index >= 15 is 0 Å². The lowest BCUT2D eigenvalue weighted by Gasteiger charge is -2.55. The van der Waals surface area contributed by atoms with E-state index in [4.69, 9.17) is 13.0 Å². The first-order chi connectivity index (χ1) is 16.7. The van der Waals surface area contributed by atoms with Crippen molar-refractivity contribution in [1.82, 2.24) is 9.55 Å². The Bertz CT molecular complexity index is 1080. The molecule has 1 aliphatic carbocycles. The standard InChI is InChI=1S/C25H43IN2O5SSi2/c1-14(2)35(15(3)4)31-19-11-10-12-25(19)21(32-36(33-35,16(5)6)17(7)8)20(26)23(34-25)28-13-18(9)22(29)27-24(28)30/h13-17,19-21,23H,10-12H2,1-9H3,(H,27,29,30)/t19-,20+,21-,23+,25-/m0/s1. The Hall–Kier alpha value is 0.0738. The predicted molar refractivity (Wildman–Crippen MR) is 160 cm³/mol. The van der Waals surface area contributed by atoms with E-state index in [0.717, 1.165) is 19.3 Å². The number of H-pyrrole nitrogens is 1. The summed E-state index contributed by atoms with van der Waals surface area (Å²) in [7, 11) is -5.44. The number of nitrogens with one attached hydrogen (secondary N) is 1. The molecule has 204 valence electrons. The van der Waals surface area contributed by atoms with Crippen molar-refractivity contribution in [1.29, 1.82) is 0 Å². The minimum absolute atomic E-state index is 0.0251. The van der Waals surface area contributed by atoms with Crippen molar-refractivity contribution in [2.24, 2.45) is 0 Å². The summed E-state index contributed by atoms with van der Waals surface area (Å²) in [6, 6.07) is 0. The second-order valence-electron chi connectivity index (χ2n) is 12.1. The van der Waals surface area contributed by atoms with Crippen LogP contribution in [-0.4, -0.2) is 47.6 Å². The number of halogens is 1. The fraction of sp³-hybridized carbons (Fsp3) is 0.840. The number of hydrogen-bond acceptors (Lipinski definition) is 6. The van der Waals surface area contributed by atoms with E-state index in [0.29, 0.717) is 16.6 Å². The zero-order valence-corrected chi connectivity index (χ0v) is 28.1. The number of hydrogen-bond donors (Lipinski definition) is 1. The average molecular weight is 667 g/mol. The van der Waals surface area contributed by atoms with E-state index in [-0.39, 0.29) is 48.6 Å². The van der Waals surface area contributed by atoms with Gasteiger partial charge in [-0.05, 0) is 48.4 Å². The molecule has 4 rings (SSSR count). The van der Waals surface area contributed by atoms with Crippen LogP contribution in [-0.2, 0) is 13.0 Å². The molecule has 3 heterocycles. The first-order valence-electron chi connectivity index (χ1n) is 13.4. The molecule has 2 aliphatic heterocycles. The van der Waals surface area contributed by atoms with Crippen molar-refractivity contribution >= 4 is 51.5 Å². The zero-order valence-electron chi connectivity index (χ0n) is 23.1. The van der Waals surface area contributed by atoms with Gasteiger partial charge in [-0.25, -0.2) is 4.79 Å². The highest BCUT2D eigenvalue weighted by Crippen LogP contribution is 2.64. The second kappa shape index (κ2) is 10.2. The second-order valence-corrected chi connectivity index (χ2v) is 23.8. The number of thioether (sulfide) groups is 1. The molecule has 11 heteroatoms. The van der Waals surface area contributed by atoms with E-state index in [2.05, 4.69) is 83.0 Å². The van der Waals surface area contributed by atoms with Crippen LogP contribution in [0.5, 0.6) is 0 Å². The van der Waals surface area contributed by atoms with Crippen LogP contribution in [0.25, 0.3) is 0 Å². The van der Waals surface area contributed by atoms with Gasteiger partial charge in [-0.1, -0.05) is 78.0 Å². The van der Waals surface area contributed by atoms with Gasteiger partial charge in [0.1, 0.15) is 0 Å². The summed E-state index contributed by atoms with van der Waals surface area (Å²) in [5, 5.41) is -0.152. The Balaban J connectivity index is 1.91. The Morgan fingerprint density at radius 1 is 1.03 bits per heavy atom. The third kappa shape index (κ3) is 4.40. The summed E-state index contributed by atoms with van der Waals surface area (Å²) in [5.41, 5.74) is 0.964. The van der Waals surface area contributed by atoms with Gasteiger partial charge in [0.05, 0.1) is 26.3 Å². The first kappa shape index (κ1) is 29.1. The third-order valence-corrected chi connectivity index (χ3v) is 22.5. The van der Waals surface area contributed by atoms with Crippen molar-refractivity contribution in [3.63, 3.8) is 0 Å². The lowest BCUT2D eigenvalue weighted by atomic mass is 9.95. The van der Waals surface area contributed by atoms with Gasteiger partial charge < -0.3 is 13.0 Å². The Morgan fingerprint density at radius 3 is 2.14 bits per heavy atom. The van der Waals surface area contributed by atoms with Crippen molar-refractivity contribution in [3.8, 4) is 0 Å².